The molecule has 2 aliphatic carbocycles. The summed E-state index contributed by atoms with van der Waals surface area (Å²) in [5.74, 6) is 1.08. The zero-order valence-corrected chi connectivity index (χ0v) is 21.6. The Hall–Kier alpha value is -1.39. The molecule has 2 unspecified atom stereocenters. The van der Waals surface area contributed by atoms with E-state index in [0.717, 1.165) is 36.2 Å². The number of hydrogen-bond donors (Lipinski definition) is 0. The Bertz CT molecular complexity index is 811. The Balaban J connectivity index is 1.42. The fourth-order valence-corrected chi connectivity index (χ4v) is 6.21. The van der Waals surface area contributed by atoms with Gasteiger partial charge in [0.15, 0.2) is 0 Å². The summed E-state index contributed by atoms with van der Waals surface area (Å²) in [4.78, 5) is 0. The standard InChI is InChI=1S/C30H43F5/c1-20(4-8-22(3)24-11-6-21(2)7-12-24)5-9-23-10-17-27(28(31)18-23)25-13-15-26(16-14-25)29(32)19-30(33,34)35/h10,17-22,24-26H,4-9,11-16H2,1-3H3/b29-19-. The SMILES string of the molecule is CC(CCc1ccc(C2CCC(/C(F)=C/C(F)(F)F)CC2)c(F)c1)CCC(C)C1CCC(C)CC1. The monoisotopic (exact) mass is 498 g/mol. The summed E-state index contributed by atoms with van der Waals surface area (Å²) in [5, 5.41) is 0. The molecule has 35 heavy (non-hydrogen) atoms. The van der Waals surface area contributed by atoms with Crippen molar-refractivity contribution in [3.8, 4) is 0 Å². The first-order valence-corrected chi connectivity index (χ1v) is 13.7. The second-order valence-corrected chi connectivity index (χ2v) is 11.7. The maximum Gasteiger partial charge on any atom is 0.412 e. The largest absolute Gasteiger partial charge is 0.412 e. The van der Waals surface area contributed by atoms with Crippen molar-refractivity contribution in [2.24, 2.45) is 29.6 Å². The quantitative estimate of drug-likeness (QED) is 0.297. The molecule has 0 N–H and O–H groups in total. The molecule has 0 aromatic heterocycles. The van der Waals surface area contributed by atoms with E-state index >= 15 is 0 Å². The van der Waals surface area contributed by atoms with Crippen molar-refractivity contribution in [2.45, 2.75) is 110 Å². The molecular weight excluding hydrogens is 455 g/mol. The number of aryl methyl sites for hydroxylation is 1. The van der Waals surface area contributed by atoms with Crippen LogP contribution >= 0.6 is 0 Å². The number of allylic oxidation sites excluding steroid dienone is 2. The molecule has 0 radical (unpaired) electrons. The minimum Gasteiger partial charge on any atom is -0.212 e. The van der Waals surface area contributed by atoms with Gasteiger partial charge in [-0.05, 0) is 98.1 Å². The third-order valence-corrected chi connectivity index (χ3v) is 8.83. The maximum atomic E-state index is 14.9. The lowest BCUT2D eigenvalue weighted by atomic mass is 9.75. The Morgan fingerprint density at radius 2 is 1.60 bits per heavy atom. The van der Waals surface area contributed by atoms with E-state index in [9.17, 15) is 22.0 Å². The van der Waals surface area contributed by atoms with Crippen LogP contribution in [0.3, 0.4) is 0 Å². The van der Waals surface area contributed by atoms with Crippen LogP contribution < -0.4 is 0 Å². The first-order chi connectivity index (χ1) is 16.5. The van der Waals surface area contributed by atoms with Crippen LogP contribution in [0, 0.1) is 35.4 Å². The van der Waals surface area contributed by atoms with Gasteiger partial charge in [0, 0.05) is 5.92 Å². The Labute approximate surface area is 208 Å². The van der Waals surface area contributed by atoms with Crippen LogP contribution in [-0.2, 0) is 6.42 Å². The van der Waals surface area contributed by atoms with E-state index in [1.165, 1.54) is 38.5 Å². The third kappa shape index (κ3) is 8.89. The predicted octanol–water partition coefficient (Wildman–Crippen LogP) is 10.3. The summed E-state index contributed by atoms with van der Waals surface area (Å²) in [7, 11) is 0. The molecule has 0 amide bonds. The second kappa shape index (κ2) is 12.7. The van der Waals surface area contributed by atoms with Crippen molar-refractivity contribution in [3.05, 3.63) is 47.0 Å². The summed E-state index contributed by atoms with van der Waals surface area (Å²) in [6.45, 7) is 7.07. The van der Waals surface area contributed by atoms with Crippen LogP contribution in [0.5, 0.6) is 0 Å². The van der Waals surface area contributed by atoms with E-state index in [0.29, 0.717) is 37.2 Å². The number of rotatable bonds is 9. The Morgan fingerprint density at radius 1 is 0.943 bits per heavy atom. The number of halogens is 5. The smallest absolute Gasteiger partial charge is 0.212 e. The van der Waals surface area contributed by atoms with E-state index in [-0.39, 0.29) is 17.8 Å². The second-order valence-electron chi connectivity index (χ2n) is 11.7. The van der Waals surface area contributed by atoms with Gasteiger partial charge >= 0.3 is 6.18 Å². The van der Waals surface area contributed by atoms with E-state index in [2.05, 4.69) is 20.8 Å². The minimum atomic E-state index is -4.63. The minimum absolute atomic E-state index is 0.0535. The summed E-state index contributed by atoms with van der Waals surface area (Å²) in [5.41, 5.74) is 1.62. The molecule has 0 nitrogen and oxygen atoms in total. The van der Waals surface area contributed by atoms with E-state index in [1.807, 2.05) is 12.1 Å². The summed E-state index contributed by atoms with van der Waals surface area (Å²) < 4.78 is 66.0. The molecule has 2 aliphatic rings. The van der Waals surface area contributed by atoms with Gasteiger partial charge in [0.25, 0.3) is 0 Å². The topological polar surface area (TPSA) is 0 Å². The van der Waals surface area contributed by atoms with Crippen LogP contribution in [0.15, 0.2) is 30.1 Å². The molecule has 0 aliphatic heterocycles. The molecule has 5 heteroatoms. The molecule has 198 valence electrons. The lowest BCUT2D eigenvalue weighted by molar-refractivity contribution is -0.0820. The van der Waals surface area contributed by atoms with Gasteiger partial charge in [-0.2, -0.15) is 13.2 Å². The lowest BCUT2D eigenvalue weighted by Gasteiger charge is -2.31. The molecular formula is C30H43F5. The van der Waals surface area contributed by atoms with Crippen LogP contribution in [0.25, 0.3) is 0 Å². The van der Waals surface area contributed by atoms with Crippen LogP contribution in [0.4, 0.5) is 22.0 Å². The molecule has 0 bridgehead atoms. The molecule has 3 rings (SSSR count). The number of alkyl halides is 3. The van der Waals surface area contributed by atoms with Crippen LogP contribution in [-0.4, -0.2) is 6.18 Å². The molecule has 1 aromatic rings. The fraction of sp³-hybridized carbons (Fsp3) is 0.733. The highest BCUT2D eigenvalue weighted by atomic mass is 19.4. The Kier molecular flexibility index (Phi) is 10.2. The molecule has 1 aromatic carbocycles. The molecule has 0 spiro atoms. The van der Waals surface area contributed by atoms with E-state index in [4.69, 9.17) is 0 Å². The third-order valence-electron chi connectivity index (χ3n) is 8.83. The number of hydrogen-bond acceptors (Lipinski definition) is 0. The highest BCUT2D eigenvalue weighted by Crippen LogP contribution is 2.41. The fourth-order valence-electron chi connectivity index (χ4n) is 6.21. The van der Waals surface area contributed by atoms with Crippen molar-refractivity contribution in [3.63, 3.8) is 0 Å². The summed E-state index contributed by atoms with van der Waals surface area (Å²) in [6, 6.07) is 5.46. The van der Waals surface area contributed by atoms with Crippen molar-refractivity contribution < 1.29 is 22.0 Å². The summed E-state index contributed by atoms with van der Waals surface area (Å²) >= 11 is 0. The van der Waals surface area contributed by atoms with Crippen molar-refractivity contribution in [1.82, 2.24) is 0 Å². The molecule has 2 fully saturated rings. The Morgan fingerprint density at radius 3 is 2.20 bits per heavy atom. The molecule has 0 saturated heterocycles. The zero-order chi connectivity index (χ0) is 25.6. The van der Waals surface area contributed by atoms with Crippen LogP contribution in [0.2, 0.25) is 0 Å². The van der Waals surface area contributed by atoms with Gasteiger partial charge in [0.05, 0.1) is 6.08 Å². The predicted molar refractivity (Wildman–Crippen MR) is 133 cm³/mol. The van der Waals surface area contributed by atoms with Gasteiger partial charge in [0.1, 0.15) is 11.6 Å². The van der Waals surface area contributed by atoms with Crippen molar-refractivity contribution >= 4 is 0 Å². The molecule has 2 atom stereocenters. The average Bonchev–Trinajstić information content (AvgIpc) is 2.81. The van der Waals surface area contributed by atoms with Gasteiger partial charge in [-0.25, -0.2) is 8.78 Å². The normalized spacial score (nSPS) is 28.1. The van der Waals surface area contributed by atoms with E-state index < -0.39 is 17.9 Å². The van der Waals surface area contributed by atoms with Gasteiger partial charge < -0.3 is 0 Å². The van der Waals surface area contributed by atoms with Crippen molar-refractivity contribution in [2.75, 3.05) is 0 Å². The van der Waals surface area contributed by atoms with Crippen molar-refractivity contribution in [1.29, 1.82) is 0 Å². The zero-order valence-electron chi connectivity index (χ0n) is 21.6. The first-order valence-electron chi connectivity index (χ1n) is 13.7. The van der Waals surface area contributed by atoms with Crippen LogP contribution in [0.1, 0.15) is 108 Å². The first kappa shape index (κ1) is 28.2. The highest BCUT2D eigenvalue weighted by molar-refractivity contribution is 5.28. The van der Waals surface area contributed by atoms with Gasteiger partial charge in [-0.1, -0.05) is 58.6 Å². The average molecular weight is 499 g/mol. The maximum absolute atomic E-state index is 14.9. The summed E-state index contributed by atoms with van der Waals surface area (Å²) in [6.07, 6.45) is 6.69. The highest BCUT2D eigenvalue weighted by Gasteiger charge is 2.31. The number of benzene rings is 1. The molecule has 0 heterocycles. The van der Waals surface area contributed by atoms with Gasteiger partial charge in [-0.3, -0.25) is 0 Å². The van der Waals surface area contributed by atoms with Gasteiger partial charge in [-0.15, -0.1) is 0 Å². The van der Waals surface area contributed by atoms with Gasteiger partial charge in [0.2, 0.25) is 0 Å². The van der Waals surface area contributed by atoms with E-state index in [1.54, 1.807) is 6.07 Å². The lowest BCUT2D eigenvalue weighted by Crippen LogP contribution is -2.19. The molecule has 2 saturated carbocycles.